The van der Waals surface area contributed by atoms with Crippen LogP contribution in [0.1, 0.15) is 11.8 Å². The summed E-state index contributed by atoms with van der Waals surface area (Å²) in [4.78, 5) is 23.0. The molecule has 0 saturated carbocycles. The first-order valence-corrected chi connectivity index (χ1v) is 5.61. The molecule has 0 saturated heterocycles. The normalized spacial score (nSPS) is 9.43. The summed E-state index contributed by atoms with van der Waals surface area (Å²) in [7, 11) is 0. The van der Waals surface area contributed by atoms with Crippen molar-refractivity contribution in [2.75, 3.05) is 0 Å². The van der Waals surface area contributed by atoms with E-state index >= 15 is 0 Å². The maximum Gasteiger partial charge on any atom is 1.00 e. The van der Waals surface area contributed by atoms with Crippen molar-refractivity contribution >= 4 is 12.0 Å². The molecule has 0 spiro atoms. The van der Waals surface area contributed by atoms with Gasteiger partial charge in [-0.1, -0.05) is 39.9 Å². The minimum atomic E-state index is -1.61. The van der Waals surface area contributed by atoms with Crippen LogP contribution in [0.5, 0.6) is 5.75 Å². The molecule has 0 aliphatic carbocycles. The fourth-order valence-electron chi connectivity index (χ4n) is 1.44. The molecule has 0 bridgehead atoms. The molecule has 2 rings (SSSR count). The van der Waals surface area contributed by atoms with Gasteiger partial charge in [0, 0.05) is 5.56 Å². The number of halogens is 2. The molecule has 2 aromatic carbocycles. The molecule has 7 heteroatoms. The van der Waals surface area contributed by atoms with Gasteiger partial charge in [0.25, 0.3) is 5.91 Å². The fourth-order valence-corrected chi connectivity index (χ4v) is 1.44. The monoisotopic (exact) mass is 301 g/mol. The summed E-state index contributed by atoms with van der Waals surface area (Å²) in [6, 6.07) is 12.3. The zero-order valence-corrected chi connectivity index (χ0v) is 13.1. The van der Waals surface area contributed by atoms with Crippen molar-refractivity contribution in [1.82, 2.24) is 5.12 Å². The van der Waals surface area contributed by atoms with Crippen molar-refractivity contribution in [2.45, 2.75) is 0 Å². The molecule has 0 atom stereocenters. The molecule has 2 amide bonds. The molecule has 0 radical (unpaired) electrons. The summed E-state index contributed by atoms with van der Waals surface area (Å²) in [6.45, 7) is 0. The number of carbonyl (C=O) groups is 2. The maximum atomic E-state index is 13.6. The third-order valence-corrected chi connectivity index (χ3v) is 2.39. The van der Waals surface area contributed by atoms with Crippen LogP contribution >= 0.6 is 0 Å². The molecule has 21 heavy (non-hydrogen) atoms. The standard InChI is InChI=1S/C14H9F2NO3.Na.H/c15-11-8-4-5-9-12(11)20-14(19)17(16)13(18)10-6-2-1-3-7-10;;/h1-9H;;/q;+1;-1. The van der Waals surface area contributed by atoms with Gasteiger partial charge in [-0.25, -0.2) is 9.18 Å². The molecule has 0 aromatic heterocycles. The summed E-state index contributed by atoms with van der Waals surface area (Å²) in [6.07, 6.45) is -1.61. The Morgan fingerprint density at radius 1 is 1.00 bits per heavy atom. The third kappa shape index (κ3) is 4.35. The molecule has 0 heterocycles. The van der Waals surface area contributed by atoms with Gasteiger partial charge in [0.1, 0.15) is 0 Å². The molecule has 0 aliphatic rings. The molecule has 0 aliphatic heterocycles. The van der Waals surface area contributed by atoms with Gasteiger partial charge >= 0.3 is 35.7 Å². The molecular formula is C14H10F2NNaO3. The van der Waals surface area contributed by atoms with E-state index in [4.69, 9.17) is 0 Å². The summed E-state index contributed by atoms with van der Waals surface area (Å²) in [5.41, 5.74) is -0.0273. The van der Waals surface area contributed by atoms with Gasteiger partial charge in [-0.3, -0.25) is 4.79 Å². The number of rotatable bonds is 2. The van der Waals surface area contributed by atoms with E-state index in [0.29, 0.717) is 0 Å². The van der Waals surface area contributed by atoms with Crippen molar-refractivity contribution in [3.8, 4) is 5.75 Å². The first-order valence-electron chi connectivity index (χ1n) is 5.61. The van der Waals surface area contributed by atoms with Gasteiger partial charge < -0.3 is 6.16 Å². The van der Waals surface area contributed by atoms with Crippen LogP contribution in [-0.2, 0) is 0 Å². The molecule has 0 unspecified atom stereocenters. The van der Waals surface area contributed by atoms with E-state index in [1.807, 2.05) is 0 Å². The predicted octanol–water partition coefficient (Wildman–Crippen LogP) is 0.468. The average molecular weight is 301 g/mol. The number of benzene rings is 2. The van der Waals surface area contributed by atoms with Crippen LogP contribution < -0.4 is 34.3 Å². The quantitative estimate of drug-likeness (QED) is 0.598. The van der Waals surface area contributed by atoms with Crippen molar-refractivity contribution in [3.63, 3.8) is 0 Å². The number of para-hydroxylation sites is 1. The zero-order chi connectivity index (χ0) is 14.5. The maximum absolute atomic E-state index is 13.6. The second kappa shape index (κ2) is 7.87. The fraction of sp³-hybridized carbons (Fsp3) is 0. The number of imide groups is 1. The van der Waals surface area contributed by atoms with Crippen molar-refractivity contribution in [1.29, 1.82) is 0 Å². The smallest absolute Gasteiger partial charge is 1.00 e. The van der Waals surface area contributed by atoms with E-state index in [-0.39, 0.29) is 36.5 Å². The number of hydrogen-bond donors (Lipinski definition) is 0. The molecule has 104 valence electrons. The minimum absolute atomic E-state index is 0. The van der Waals surface area contributed by atoms with Gasteiger partial charge in [0.05, 0.1) is 0 Å². The van der Waals surface area contributed by atoms with E-state index in [1.165, 1.54) is 36.4 Å². The first kappa shape index (κ1) is 17.3. The number of carbonyl (C=O) groups excluding carboxylic acids is 2. The number of amides is 2. The van der Waals surface area contributed by atoms with Gasteiger partial charge in [-0.2, -0.15) is 0 Å². The summed E-state index contributed by atoms with van der Waals surface area (Å²) in [5.74, 6) is -2.48. The Hall–Kier alpha value is -1.76. The first-order chi connectivity index (χ1) is 9.59. The zero-order valence-electron chi connectivity index (χ0n) is 12.1. The molecule has 2 aromatic rings. The van der Waals surface area contributed by atoms with Crippen LogP contribution in [0.25, 0.3) is 0 Å². The SMILES string of the molecule is O=C(Oc1ccccc1F)N(F)C(=O)c1ccccc1.[H-].[Na+]. The van der Waals surface area contributed by atoms with Crippen molar-refractivity contribution in [2.24, 2.45) is 0 Å². The number of ether oxygens (including phenoxy) is 1. The van der Waals surface area contributed by atoms with E-state index in [2.05, 4.69) is 4.74 Å². The predicted molar refractivity (Wildman–Crippen MR) is 67.3 cm³/mol. The van der Waals surface area contributed by atoms with Crippen LogP contribution in [0, 0.1) is 5.82 Å². The molecule has 4 nitrogen and oxygen atoms in total. The molecule has 0 N–H and O–H groups in total. The summed E-state index contributed by atoms with van der Waals surface area (Å²) >= 11 is 0. The van der Waals surface area contributed by atoms with Crippen LogP contribution in [-0.4, -0.2) is 17.1 Å². The van der Waals surface area contributed by atoms with Crippen LogP contribution in [0.3, 0.4) is 0 Å². The van der Waals surface area contributed by atoms with Crippen molar-refractivity contribution in [3.05, 3.63) is 66.0 Å². The van der Waals surface area contributed by atoms with E-state index in [0.717, 1.165) is 12.1 Å². The Kier molecular flexibility index (Phi) is 6.48. The number of nitrogens with zero attached hydrogens (tertiary/aromatic N) is 1. The van der Waals surface area contributed by atoms with Crippen LogP contribution in [0.2, 0.25) is 0 Å². The van der Waals surface area contributed by atoms with Crippen LogP contribution in [0.4, 0.5) is 13.7 Å². The largest absolute Gasteiger partial charge is 1.00 e. The minimum Gasteiger partial charge on any atom is -1.00 e. The van der Waals surface area contributed by atoms with Gasteiger partial charge in [-0.05, 0) is 24.3 Å². The summed E-state index contributed by atoms with van der Waals surface area (Å²) < 4.78 is 31.3. The Morgan fingerprint density at radius 3 is 2.19 bits per heavy atom. The molecule has 0 fully saturated rings. The van der Waals surface area contributed by atoms with Gasteiger partial charge in [-0.15, -0.1) is 0 Å². The van der Waals surface area contributed by atoms with E-state index in [1.54, 1.807) is 6.07 Å². The number of hydrogen-bond acceptors (Lipinski definition) is 3. The third-order valence-electron chi connectivity index (χ3n) is 2.39. The Balaban J connectivity index is 0.00000220. The Bertz CT molecular complexity index is 643. The molecular weight excluding hydrogens is 291 g/mol. The van der Waals surface area contributed by atoms with E-state index < -0.39 is 28.7 Å². The van der Waals surface area contributed by atoms with Crippen molar-refractivity contribution < 1.29 is 54.2 Å². The average Bonchev–Trinajstić information content (AvgIpc) is 2.49. The summed E-state index contributed by atoms with van der Waals surface area (Å²) in [5, 5.41) is -0.707. The Labute approximate surface area is 143 Å². The van der Waals surface area contributed by atoms with Crippen LogP contribution in [0.15, 0.2) is 54.6 Å². The van der Waals surface area contributed by atoms with Gasteiger partial charge in [0.2, 0.25) is 0 Å². The Morgan fingerprint density at radius 2 is 1.57 bits per heavy atom. The second-order valence-electron chi connectivity index (χ2n) is 3.75. The topological polar surface area (TPSA) is 46.6 Å². The second-order valence-corrected chi connectivity index (χ2v) is 3.75. The van der Waals surface area contributed by atoms with E-state index in [9.17, 15) is 18.5 Å². The van der Waals surface area contributed by atoms with Gasteiger partial charge in [0.15, 0.2) is 11.6 Å².